The van der Waals surface area contributed by atoms with E-state index in [2.05, 4.69) is 4.90 Å². The first-order chi connectivity index (χ1) is 9.56. The highest BCUT2D eigenvalue weighted by Crippen LogP contribution is 2.31. The number of nitrogens with zero attached hydrogens (tertiary/aromatic N) is 1. The first-order valence-electron chi connectivity index (χ1n) is 7.80. The minimum atomic E-state index is -2.95. The molecule has 6 heteroatoms. The van der Waals surface area contributed by atoms with Gasteiger partial charge in [-0.05, 0) is 44.1 Å². The summed E-state index contributed by atoms with van der Waals surface area (Å²) in [7, 11) is -2.95. The van der Waals surface area contributed by atoms with Crippen LogP contribution >= 0.6 is 11.8 Å². The molecule has 1 atom stereocenters. The molecule has 0 amide bonds. The molecule has 2 fully saturated rings. The largest absolute Gasteiger partial charge is 0.330 e. The first kappa shape index (κ1) is 16.6. The fourth-order valence-electron chi connectivity index (χ4n) is 3.33. The fourth-order valence-corrected chi connectivity index (χ4v) is 6.42. The maximum absolute atomic E-state index is 12.2. The molecule has 20 heavy (non-hydrogen) atoms. The first-order valence-corrected chi connectivity index (χ1v) is 10.7. The van der Waals surface area contributed by atoms with Gasteiger partial charge in [0.1, 0.15) is 5.37 Å². The van der Waals surface area contributed by atoms with Crippen LogP contribution in [0, 0.1) is 11.8 Å². The van der Waals surface area contributed by atoms with Gasteiger partial charge in [0.15, 0.2) is 9.84 Å². The molecular weight excluding hydrogens is 292 g/mol. The molecule has 2 aliphatic rings. The number of nitrogens with two attached hydrogens (primary N) is 1. The Kier molecular flexibility index (Phi) is 6.20. The van der Waals surface area contributed by atoms with E-state index in [9.17, 15) is 8.42 Å². The Balaban J connectivity index is 1.93. The van der Waals surface area contributed by atoms with Crippen LogP contribution in [0.1, 0.15) is 32.6 Å². The minimum absolute atomic E-state index is 0.251. The number of sulfone groups is 1. The molecule has 0 aromatic heterocycles. The molecule has 0 aromatic carbocycles. The van der Waals surface area contributed by atoms with Gasteiger partial charge in [-0.3, -0.25) is 4.90 Å². The molecule has 1 saturated carbocycles. The van der Waals surface area contributed by atoms with Gasteiger partial charge in [0, 0.05) is 30.3 Å². The van der Waals surface area contributed by atoms with Crippen molar-refractivity contribution in [1.82, 2.24) is 4.90 Å². The van der Waals surface area contributed by atoms with E-state index < -0.39 is 9.84 Å². The Labute approximate surface area is 127 Å². The van der Waals surface area contributed by atoms with Crippen molar-refractivity contribution >= 4 is 21.6 Å². The fraction of sp³-hybridized carbons (Fsp3) is 1.00. The van der Waals surface area contributed by atoms with Gasteiger partial charge in [-0.1, -0.05) is 6.92 Å². The maximum Gasteiger partial charge on any atom is 0.166 e. The van der Waals surface area contributed by atoms with Crippen molar-refractivity contribution < 1.29 is 8.42 Å². The molecule has 0 radical (unpaired) electrons. The highest BCUT2D eigenvalue weighted by atomic mass is 32.2. The standard InChI is InChI=1S/C14H28N2O2S2/c1-2-20(17,18)14-11-19-8-7-16(14)10-13-5-3-12(9-15)4-6-13/h12-14H,2-11,15H2,1H3. The summed E-state index contributed by atoms with van der Waals surface area (Å²) in [4.78, 5) is 2.24. The number of rotatable bonds is 5. The van der Waals surface area contributed by atoms with Crippen LogP contribution in [-0.2, 0) is 9.84 Å². The van der Waals surface area contributed by atoms with Gasteiger partial charge in [0.2, 0.25) is 0 Å². The average molecular weight is 321 g/mol. The Hall–Kier alpha value is 0.220. The molecule has 1 heterocycles. The third-order valence-electron chi connectivity index (χ3n) is 4.80. The van der Waals surface area contributed by atoms with Crippen molar-refractivity contribution in [3.05, 3.63) is 0 Å². The van der Waals surface area contributed by atoms with Crippen LogP contribution in [0.2, 0.25) is 0 Å². The van der Waals surface area contributed by atoms with Crippen LogP contribution in [0.25, 0.3) is 0 Å². The molecule has 1 aliphatic heterocycles. The summed E-state index contributed by atoms with van der Waals surface area (Å²) in [6.45, 7) is 4.45. The summed E-state index contributed by atoms with van der Waals surface area (Å²) < 4.78 is 24.5. The van der Waals surface area contributed by atoms with Crippen LogP contribution < -0.4 is 5.73 Å². The highest BCUT2D eigenvalue weighted by Gasteiger charge is 2.34. The molecule has 0 bridgehead atoms. The van der Waals surface area contributed by atoms with Gasteiger partial charge in [0.05, 0.1) is 0 Å². The topological polar surface area (TPSA) is 63.4 Å². The average Bonchev–Trinajstić information content (AvgIpc) is 2.48. The van der Waals surface area contributed by atoms with Crippen LogP contribution in [0.15, 0.2) is 0 Å². The second kappa shape index (κ2) is 7.47. The maximum atomic E-state index is 12.2. The van der Waals surface area contributed by atoms with Crippen LogP contribution in [0.3, 0.4) is 0 Å². The van der Waals surface area contributed by atoms with Gasteiger partial charge >= 0.3 is 0 Å². The summed E-state index contributed by atoms with van der Waals surface area (Å²) in [6, 6.07) is 0. The second-order valence-electron chi connectivity index (χ2n) is 6.10. The molecule has 0 spiro atoms. The zero-order valence-corrected chi connectivity index (χ0v) is 14.1. The summed E-state index contributed by atoms with van der Waals surface area (Å²) >= 11 is 1.78. The molecular formula is C14H28N2O2S2. The monoisotopic (exact) mass is 320 g/mol. The predicted octanol–water partition coefficient (Wildman–Crippen LogP) is 1.56. The zero-order chi connectivity index (χ0) is 14.6. The summed E-state index contributed by atoms with van der Waals surface area (Å²) in [6.07, 6.45) is 4.86. The third-order valence-corrected chi connectivity index (χ3v) is 8.13. The van der Waals surface area contributed by atoms with Gasteiger partial charge in [-0.15, -0.1) is 0 Å². The summed E-state index contributed by atoms with van der Waals surface area (Å²) in [5, 5.41) is -0.251. The van der Waals surface area contributed by atoms with E-state index in [1.807, 2.05) is 0 Å². The Bertz CT molecular complexity index is 392. The van der Waals surface area contributed by atoms with Gasteiger partial charge in [0.25, 0.3) is 0 Å². The molecule has 1 unspecified atom stereocenters. The Morgan fingerprint density at radius 1 is 1.20 bits per heavy atom. The van der Waals surface area contributed by atoms with E-state index in [1.165, 1.54) is 25.7 Å². The van der Waals surface area contributed by atoms with Crippen LogP contribution in [0.4, 0.5) is 0 Å². The SMILES string of the molecule is CCS(=O)(=O)C1CSCCN1CC1CCC(CN)CC1. The lowest BCUT2D eigenvalue weighted by atomic mass is 9.82. The van der Waals surface area contributed by atoms with Gasteiger partial charge < -0.3 is 5.73 Å². The molecule has 1 aliphatic carbocycles. The van der Waals surface area contributed by atoms with Crippen molar-refractivity contribution in [3.8, 4) is 0 Å². The lowest BCUT2D eigenvalue weighted by Gasteiger charge is -2.38. The molecule has 1 saturated heterocycles. The highest BCUT2D eigenvalue weighted by molar-refractivity contribution is 8.01. The summed E-state index contributed by atoms with van der Waals surface area (Å²) in [5.41, 5.74) is 5.74. The van der Waals surface area contributed by atoms with E-state index in [1.54, 1.807) is 18.7 Å². The predicted molar refractivity (Wildman–Crippen MR) is 86.6 cm³/mol. The van der Waals surface area contributed by atoms with Crippen molar-refractivity contribution in [2.75, 3.05) is 36.9 Å². The quantitative estimate of drug-likeness (QED) is 0.833. The lowest BCUT2D eigenvalue weighted by Crippen LogP contribution is -2.49. The molecule has 2 N–H and O–H groups in total. The Morgan fingerprint density at radius 2 is 1.85 bits per heavy atom. The van der Waals surface area contributed by atoms with Crippen molar-refractivity contribution in [1.29, 1.82) is 0 Å². The van der Waals surface area contributed by atoms with Gasteiger partial charge in [-0.2, -0.15) is 11.8 Å². The number of hydrogen-bond acceptors (Lipinski definition) is 5. The smallest absolute Gasteiger partial charge is 0.166 e. The van der Waals surface area contributed by atoms with Crippen LogP contribution in [0.5, 0.6) is 0 Å². The Morgan fingerprint density at radius 3 is 2.45 bits per heavy atom. The van der Waals surface area contributed by atoms with E-state index in [0.717, 1.165) is 31.1 Å². The normalized spacial score (nSPS) is 33.2. The molecule has 2 rings (SSSR count). The number of thioether (sulfide) groups is 1. The van der Waals surface area contributed by atoms with Crippen LogP contribution in [-0.4, -0.2) is 55.6 Å². The minimum Gasteiger partial charge on any atom is -0.330 e. The van der Waals surface area contributed by atoms with Crippen molar-refractivity contribution in [3.63, 3.8) is 0 Å². The van der Waals surface area contributed by atoms with Crippen molar-refractivity contribution in [2.45, 2.75) is 38.0 Å². The third kappa shape index (κ3) is 4.12. The molecule has 118 valence electrons. The number of hydrogen-bond donors (Lipinski definition) is 1. The van der Waals surface area contributed by atoms with E-state index in [0.29, 0.717) is 11.8 Å². The summed E-state index contributed by atoms with van der Waals surface area (Å²) in [5.74, 6) is 3.42. The van der Waals surface area contributed by atoms with E-state index in [-0.39, 0.29) is 11.1 Å². The van der Waals surface area contributed by atoms with Crippen molar-refractivity contribution in [2.24, 2.45) is 17.6 Å². The molecule has 0 aromatic rings. The van der Waals surface area contributed by atoms with E-state index in [4.69, 9.17) is 5.73 Å². The zero-order valence-electron chi connectivity index (χ0n) is 12.5. The lowest BCUT2D eigenvalue weighted by molar-refractivity contribution is 0.179. The van der Waals surface area contributed by atoms with Gasteiger partial charge in [-0.25, -0.2) is 8.42 Å². The van der Waals surface area contributed by atoms with E-state index >= 15 is 0 Å². The second-order valence-corrected chi connectivity index (χ2v) is 9.70. The molecule has 4 nitrogen and oxygen atoms in total.